The van der Waals surface area contributed by atoms with Gasteiger partial charge in [0.15, 0.2) is 0 Å². The highest BCUT2D eigenvalue weighted by Gasteiger charge is 2.52. The van der Waals surface area contributed by atoms with Crippen molar-refractivity contribution in [2.75, 3.05) is 19.0 Å². The lowest BCUT2D eigenvalue weighted by Crippen LogP contribution is -2.50. The van der Waals surface area contributed by atoms with Crippen molar-refractivity contribution < 1.29 is 19.1 Å². The Morgan fingerprint density at radius 2 is 2.09 bits per heavy atom. The van der Waals surface area contributed by atoms with Crippen LogP contribution in [0.5, 0.6) is 5.75 Å². The Hall–Kier alpha value is -2.30. The monoisotopic (exact) mass is 303 g/mol. The topological polar surface area (TPSA) is 64.6 Å². The zero-order chi connectivity index (χ0) is 16.3. The zero-order valence-electron chi connectivity index (χ0n) is 13.4. The molecule has 5 nitrogen and oxygen atoms in total. The predicted molar refractivity (Wildman–Crippen MR) is 84.4 cm³/mol. The molecule has 1 aromatic rings. The van der Waals surface area contributed by atoms with E-state index in [9.17, 15) is 9.59 Å². The van der Waals surface area contributed by atoms with Gasteiger partial charge in [-0.1, -0.05) is 11.6 Å². The molecule has 0 radical (unpaired) electrons. The zero-order valence-corrected chi connectivity index (χ0v) is 13.4. The van der Waals surface area contributed by atoms with Crippen LogP contribution < -0.4 is 10.1 Å². The molecule has 1 heterocycles. The Bertz CT molecular complexity index is 632. The van der Waals surface area contributed by atoms with Crippen molar-refractivity contribution in [3.63, 3.8) is 0 Å². The van der Waals surface area contributed by atoms with Crippen LogP contribution in [0.4, 0.5) is 5.69 Å². The maximum absolute atomic E-state index is 12.9. The summed E-state index contributed by atoms with van der Waals surface area (Å²) in [5.41, 5.74) is 0.726. The number of carbonyl (C=O) groups excluding carboxylic acids is 2. The smallest absolute Gasteiger partial charge is 0.340 e. The molecule has 1 N–H and O–H groups in total. The maximum atomic E-state index is 12.9. The molecular formula is C17H21NO4. The third kappa shape index (κ3) is 2.71. The summed E-state index contributed by atoms with van der Waals surface area (Å²) in [6.07, 6.45) is 2.12. The molecule has 0 fully saturated rings. The fraction of sp³-hybridized carbons (Fsp3) is 0.412. The number of nitrogens with one attached hydrogen (secondary N) is 1. The molecule has 0 saturated heterocycles. The van der Waals surface area contributed by atoms with Crippen LogP contribution >= 0.6 is 0 Å². The lowest BCUT2D eigenvalue weighted by atomic mass is 9.89. The molecule has 0 spiro atoms. The second-order valence-corrected chi connectivity index (χ2v) is 5.48. The van der Waals surface area contributed by atoms with Crippen molar-refractivity contribution in [1.29, 1.82) is 0 Å². The summed E-state index contributed by atoms with van der Waals surface area (Å²) in [5, 5.41) is 3.06. The summed E-state index contributed by atoms with van der Waals surface area (Å²) >= 11 is 0. The molecule has 118 valence electrons. The van der Waals surface area contributed by atoms with Gasteiger partial charge in [-0.3, -0.25) is 4.79 Å². The summed E-state index contributed by atoms with van der Waals surface area (Å²) in [6.45, 7) is 5.80. The first-order chi connectivity index (χ1) is 10.4. The van der Waals surface area contributed by atoms with Crippen molar-refractivity contribution in [2.45, 2.75) is 32.7 Å². The van der Waals surface area contributed by atoms with E-state index in [0.29, 0.717) is 17.0 Å². The number of carbonyl (C=O) groups is 2. The standard InChI is InChI=1S/C17H21NO4/c1-5-22-16(20)17(9-8-11(2)3)15(19)13-10-12(21-4)6-7-14(13)18-17/h6-8,10,18H,5,9H2,1-4H3. The first kappa shape index (κ1) is 16.1. The fourth-order valence-corrected chi connectivity index (χ4v) is 2.45. The molecule has 0 saturated carbocycles. The lowest BCUT2D eigenvalue weighted by Gasteiger charge is -2.25. The number of hydrogen-bond donors (Lipinski definition) is 1. The van der Waals surface area contributed by atoms with Gasteiger partial charge in [0.05, 0.1) is 13.7 Å². The number of fused-ring (bicyclic) bond motifs is 1. The Morgan fingerprint density at radius 1 is 1.36 bits per heavy atom. The largest absolute Gasteiger partial charge is 0.497 e. The van der Waals surface area contributed by atoms with E-state index < -0.39 is 11.5 Å². The molecule has 1 aliphatic heterocycles. The fourth-order valence-electron chi connectivity index (χ4n) is 2.45. The summed E-state index contributed by atoms with van der Waals surface area (Å²) < 4.78 is 10.3. The van der Waals surface area contributed by atoms with Gasteiger partial charge in [0.1, 0.15) is 5.75 Å². The molecule has 1 atom stereocenters. The number of ketones is 1. The molecule has 0 aliphatic carbocycles. The van der Waals surface area contributed by atoms with Crippen molar-refractivity contribution in [1.82, 2.24) is 0 Å². The second kappa shape index (κ2) is 6.22. The molecule has 1 aromatic carbocycles. The van der Waals surface area contributed by atoms with Gasteiger partial charge in [-0.05, 0) is 39.0 Å². The highest BCUT2D eigenvalue weighted by atomic mass is 16.5. The van der Waals surface area contributed by atoms with Crippen LogP contribution in [-0.2, 0) is 9.53 Å². The first-order valence-electron chi connectivity index (χ1n) is 7.26. The average molecular weight is 303 g/mol. The van der Waals surface area contributed by atoms with E-state index in [2.05, 4.69) is 5.32 Å². The van der Waals surface area contributed by atoms with E-state index in [1.54, 1.807) is 25.1 Å². The normalized spacial score (nSPS) is 19.2. The van der Waals surface area contributed by atoms with E-state index in [1.165, 1.54) is 7.11 Å². The number of esters is 1. The van der Waals surface area contributed by atoms with Crippen molar-refractivity contribution >= 4 is 17.4 Å². The Morgan fingerprint density at radius 3 is 2.68 bits per heavy atom. The summed E-state index contributed by atoms with van der Waals surface area (Å²) in [7, 11) is 1.54. The number of methoxy groups -OCH3 is 1. The predicted octanol–water partition coefficient (Wildman–Crippen LogP) is 2.96. The lowest BCUT2D eigenvalue weighted by molar-refractivity contribution is -0.146. The first-order valence-corrected chi connectivity index (χ1v) is 7.26. The highest BCUT2D eigenvalue weighted by Crippen LogP contribution is 2.38. The second-order valence-electron chi connectivity index (χ2n) is 5.48. The molecular weight excluding hydrogens is 282 g/mol. The summed E-state index contributed by atoms with van der Waals surface area (Å²) in [6, 6.07) is 5.14. The molecule has 0 amide bonds. The van der Waals surface area contributed by atoms with Crippen LogP contribution in [0.2, 0.25) is 0 Å². The number of allylic oxidation sites excluding steroid dienone is 1. The maximum Gasteiger partial charge on any atom is 0.340 e. The minimum absolute atomic E-state index is 0.226. The molecule has 0 bridgehead atoms. The highest BCUT2D eigenvalue weighted by molar-refractivity contribution is 6.24. The summed E-state index contributed by atoms with van der Waals surface area (Å²) in [5.74, 6) is -0.249. The quantitative estimate of drug-likeness (QED) is 0.515. The van der Waals surface area contributed by atoms with Crippen LogP contribution in [0, 0.1) is 0 Å². The number of anilines is 1. The van der Waals surface area contributed by atoms with Gasteiger partial charge < -0.3 is 14.8 Å². The van der Waals surface area contributed by atoms with Gasteiger partial charge in [0.2, 0.25) is 11.3 Å². The molecule has 22 heavy (non-hydrogen) atoms. The minimum Gasteiger partial charge on any atom is -0.497 e. The van der Waals surface area contributed by atoms with Crippen molar-refractivity contribution in [3.8, 4) is 5.75 Å². The minimum atomic E-state index is -1.39. The van der Waals surface area contributed by atoms with E-state index in [-0.39, 0.29) is 18.8 Å². The number of Topliss-reactive ketones (excluding diaryl/α,β-unsaturated/α-hetero) is 1. The molecule has 0 aromatic heterocycles. The average Bonchev–Trinajstić information content (AvgIpc) is 2.78. The number of benzene rings is 1. The van der Waals surface area contributed by atoms with Crippen LogP contribution in [0.15, 0.2) is 29.8 Å². The van der Waals surface area contributed by atoms with Crippen molar-refractivity contribution in [2.24, 2.45) is 0 Å². The van der Waals surface area contributed by atoms with Crippen molar-refractivity contribution in [3.05, 3.63) is 35.4 Å². The van der Waals surface area contributed by atoms with Crippen LogP contribution in [0.1, 0.15) is 37.6 Å². The Labute approximate surface area is 130 Å². The van der Waals surface area contributed by atoms with Crippen LogP contribution in [0.25, 0.3) is 0 Å². The van der Waals surface area contributed by atoms with Gasteiger partial charge in [0, 0.05) is 17.7 Å². The van der Waals surface area contributed by atoms with Gasteiger partial charge in [-0.25, -0.2) is 4.79 Å². The van der Waals surface area contributed by atoms with Gasteiger partial charge >= 0.3 is 5.97 Å². The van der Waals surface area contributed by atoms with Crippen LogP contribution in [0.3, 0.4) is 0 Å². The van der Waals surface area contributed by atoms with E-state index in [0.717, 1.165) is 5.57 Å². The van der Waals surface area contributed by atoms with E-state index in [1.807, 2.05) is 19.9 Å². The number of ether oxygens (including phenoxy) is 2. The molecule has 1 unspecified atom stereocenters. The number of rotatable bonds is 5. The van der Waals surface area contributed by atoms with Gasteiger partial charge in [-0.2, -0.15) is 0 Å². The number of hydrogen-bond acceptors (Lipinski definition) is 5. The van der Waals surface area contributed by atoms with E-state index >= 15 is 0 Å². The Kier molecular flexibility index (Phi) is 4.54. The van der Waals surface area contributed by atoms with Gasteiger partial charge in [0.25, 0.3) is 0 Å². The molecule has 2 rings (SSSR count). The Balaban J connectivity index is 2.46. The summed E-state index contributed by atoms with van der Waals surface area (Å²) in [4.78, 5) is 25.3. The van der Waals surface area contributed by atoms with Gasteiger partial charge in [-0.15, -0.1) is 0 Å². The van der Waals surface area contributed by atoms with Crippen LogP contribution in [-0.4, -0.2) is 31.0 Å². The third-order valence-electron chi connectivity index (χ3n) is 3.65. The molecule has 1 aliphatic rings. The third-order valence-corrected chi connectivity index (χ3v) is 3.65. The molecule has 5 heteroatoms. The van der Waals surface area contributed by atoms with E-state index in [4.69, 9.17) is 9.47 Å². The SMILES string of the molecule is CCOC(=O)C1(CC=C(C)C)Nc2ccc(OC)cc2C1=O.